The molecule has 1 aliphatic rings. The van der Waals surface area contributed by atoms with Gasteiger partial charge in [0.25, 0.3) is 5.91 Å². The number of hydrogen-bond donors (Lipinski definition) is 1. The van der Waals surface area contributed by atoms with Crippen LogP contribution in [-0.2, 0) is 4.79 Å². The van der Waals surface area contributed by atoms with Crippen molar-refractivity contribution >= 4 is 17.5 Å². The molecule has 0 radical (unpaired) electrons. The number of rotatable bonds is 5. The van der Waals surface area contributed by atoms with Gasteiger partial charge in [0.15, 0.2) is 6.61 Å². The zero-order valence-corrected chi connectivity index (χ0v) is 12.7. The lowest BCUT2D eigenvalue weighted by Gasteiger charge is -2.39. The SMILES string of the molecule is CC1CCCC(CCl)(NC(=O)COc2ccccc2)C1. The highest BCUT2D eigenvalue weighted by Crippen LogP contribution is 2.33. The molecule has 1 aromatic carbocycles. The number of nitrogens with one attached hydrogen (secondary N) is 1. The highest BCUT2D eigenvalue weighted by atomic mass is 35.5. The predicted molar refractivity (Wildman–Crippen MR) is 81.2 cm³/mol. The molecule has 1 amide bonds. The maximum Gasteiger partial charge on any atom is 0.258 e. The molecule has 110 valence electrons. The van der Waals surface area contributed by atoms with Crippen LogP contribution in [0.15, 0.2) is 30.3 Å². The van der Waals surface area contributed by atoms with E-state index < -0.39 is 0 Å². The molecular formula is C16H22ClNO2. The molecule has 3 nitrogen and oxygen atoms in total. The van der Waals surface area contributed by atoms with Crippen molar-refractivity contribution in [2.45, 2.75) is 38.1 Å². The van der Waals surface area contributed by atoms with Crippen LogP contribution < -0.4 is 10.1 Å². The van der Waals surface area contributed by atoms with E-state index in [1.807, 2.05) is 30.3 Å². The van der Waals surface area contributed by atoms with E-state index in [0.29, 0.717) is 17.5 Å². The van der Waals surface area contributed by atoms with Gasteiger partial charge in [0.1, 0.15) is 5.75 Å². The molecule has 0 bridgehead atoms. The van der Waals surface area contributed by atoms with Crippen molar-refractivity contribution in [1.82, 2.24) is 5.32 Å². The number of carbonyl (C=O) groups is 1. The number of ether oxygens (including phenoxy) is 1. The Balaban J connectivity index is 1.86. The normalized spacial score (nSPS) is 26.0. The molecule has 0 saturated heterocycles. The Morgan fingerprint density at radius 1 is 1.45 bits per heavy atom. The van der Waals surface area contributed by atoms with Crippen LogP contribution in [0.1, 0.15) is 32.6 Å². The number of para-hydroxylation sites is 1. The number of amides is 1. The molecule has 1 N–H and O–H groups in total. The van der Waals surface area contributed by atoms with Crippen molar-refractivity contribution in [2.75, 3.05) is 12.5 Å². The third-order valence-electron chi connectivity index (χ3n) is 3.86. The maximum absolute atomic E-state index is 12.1. The van der Waals surface area contributed by atoms with E-state index in [0.717, 1.165) is 19.3 Å². The van der Waals surface area contributed by atoms with E-state index in [1.54, 1.807) is 0 Å². The molecule has 1 fully saturated rings. The summed E-state index contributed by atoms with van der Waals surface area (Å²) < 4.78 is 5.47. The number of benzene rings is 1. The first-order chi connectivity index (χ1) is 9.63. The van der Waals surface area contributed by atoms with Gasteiger partial charge in [-0.05, 0) is 30.9 Å². The van der Waals surface area contributed by atoms with E-state index in [9.17, 15) is 4.79 Å². The molecule has 2 unspecified atom stereocenters. The maximum atomic E-state index is 12.1. The average Bonchev–Trinajstić information content (AvgIpc) is 2.46. The summed E-state index contributed by atoms with van der Waals surface area (Å²) in [5.41, 5.74) is -0.254. The highest BCUT2D eigenvalue weighted by Gasteiger charge is 2.35. The van der Waals surface area contributed by atoms with Crippen LogP contribution in [0.25, 0.3) is 0 Å². The summed E-state index contributed by atoms with van der Waals surface area (Å²) in [6.07, 6.45) is 4.24. The molecule has 0 aliphatic heterocycles. The smallest absolute Gasteiger partial charge is 0.258 e. The molecule has 0 heterocycles. The van der Waals surface area contributed by atoms with Crippen LogP contribution in [0.4, 0.5) is 0 Å². The van der Waals surface area contributed by atoms with Gasteiger partial charge in [0.05, 0.1) is 5.54 Å². The first-order valence-corrected chi connectivity index (χ1v) is 7.72. The largest absolute Gasteiger partial charge is 0.484 e. The van der Waals surface area contributed by atoms with Crippen molar-refractivity contribution in [3.63, 3.8) is 0 Å². The van der Waals surface area contributed by atoms with Crippen molar-refractivity contribution in [3.8, 4) is 5.75 Å². The van der Waals surface area contributed by atoms with Gasteiger partial charge in [-0.3, -0.25) is 4.79 Å². The summed E-state index contributed by atoms with van der Waals surface area (Å²) in [5, 5.41) is 3.09. The van der Waals surface area contributed by atoms with Crippen LogP contribution in [-0.4, -0.2) is 23.9 Å². The fourth-order valence-electron chi connectivity index (χ4n) is 2.93. The van der Waals surface area contributed by atoms with E-state index in [2.05, 4.69) is 12.2 Å². The second-order valence-electron chi connectivity index (χ2n) is 5.77. The molecule has 0 spiro atoms. The minimum absolute atomic E-state index is 0.0387. The van der Waals surface area contributed by atoms with Gasteiger partial charge in [-0.25, -0.2) is 0 Å². The first kappa shape index (κ1) is 15.2. The van der Waals surface area contributed by atoms with Crippen molar-refractivity contribution < 1.29 is 9.53 Å². The minimum atomic E-state index is -0.254. The molecule has 1 aromatic rings. The predicted octanol–water partition coefficient (Wildman–Crippen LogP) is 3.37. The summed E-state index contributed by atoms with van der Waals surface area (Å²) in [7, 11) is 0. The van der Waals surface area contributed by atoms with Gasteiger partial charge in [-0.2, -0.15) is 0 Å². The van der Waals surface area contributed by atoms with Crippen LogP contribution in [0.2, 0.25) is 0 Å². The standard InChI is InChI=1S/C16H22ClNO2/c1-13-6-5-9-16(10-13,12-17)18-15(19)11-20-14-7-3-2-4-8-14/h2-4,7-8,13H,5-6,9-12H2,1H3,(H,18,19). The Kier molecular flexibility index (Phi) is 5.30. The molecule has 0 aromatic heterocycles. The quantitative estimate of drug-likeness (QED) is 0.846. The summed E-state index contributed by atoms with van der Waals surface area (Å²) in [6.45, 7) is 2.25. The zero-order chi connectivity index (χ0) is 14.4. The summed E-state index contributed by atoms with van der Waals surface area (Å²) >= 11 is 6.11. The van der Waals surface area contributed by atoms with Crippen LogP contribution in [0.3, 0.4) is 0 Å². The lowest BCUT2D eigenvalue weighted by atomic mass is 9.77. The van der Waals surface area contributed by atoms with Crippen molar-refractivity contribution in [3.05, 3.63) is 30.3 Å². The topological polar surface area (TPSA) is 38.3 Å². The van der Waals surface area contributed by atoms with Crippen molar-refractivity contribution in [2.24, 2.45) is 5.92 Å². The highest BCUT2D eigenvalue weighted by molar-refractivity contribution is 6.18. The lowest BCUT2D eigenvalue weighted by Crippen LogP contribution is -2.53. The van der Waals surface area contributed by atoms with Gasteiger partial charge in [0, 0.05) is 5.88 Å². The Morgan fingerprint density at radius 3 is 2.85 bits per heavy atom. The van der Waals surface area contributed by atoms with Gasteiger partial charge >= 0.3 is 0 Å². The van der Waals surface area contributed by atoms with Crippen molar-refractivity contribution in [1.29, 1.82) is 0 Å². The van der Waals surface area contributed by atoms with Crippen LogP contribution in [0, 0.1) is 5.92 Å². The van der Waals surface area contributed by atoms with E-state index in [1.165, 1.54) is 6.42 Å². The van der Waals surface area contributed by atoms with Gasteiger partial charge in [-0.1, -0.05) is 38.0 Å². The third kappa shape index (κ3) is 4.14. The summed E-state index contributed by atoms with van der Waals surface area (Å²) in [4.78, 5) is 12.1. The minimum Gasteiger partial charge on any atom is -0.484 e. The second-order valence-corrected chi connectivity index (χ2v) is 6.03. The lowest BCUT2D eigenvalue weighted by molar-refractivity contribution is -0.125. The average molecular weight is 296 g/mol. The van der Waals surface area contributed by atoms with E-state index in [4.69, 9.17) is 16.3 Å². The Morgan fingerprint density at radius 2 is 2.20 bits per heavy atom. The Labute approximate surface area is 125 Å². The van der Waals surface area contributed by atoms with Gasteiger partial charge < -0.3 is 10.1 Å². The van der Waals surface area contributed by atoms with Crippen LogP contribution in [0.5, 0.6) is 5.75 Å². The fraction of sp³-hybridized carbons (Fsp3) is 0.562. The number of alkyl halides is 1. The molecule has 1 saturated carbocycles. The summed E-state index contributed by atoms with van der Waals surface area (Å²) in [5.74, 6) is 1.69. The molecule has 2 rings (SSSR count). The van der Waals surface area contributed by atoms with E-state index >= 15 is 0 Å². The fourth-order valence-corrected chi connectivity index (χ4v) is 3.24. The molecular weight excluding hydrogens is 274 g/mol. The third-order valence-corrected chi connectivity index (χ3v) is 4.38. The van der Waals surface area contributed by atoms with Gasteiger partial charge in [0.2, 0.25) is 0 Å². The molecule has 2 atom stereocenters. The first-order valence-electron chi connectivity index (χ1n) is 7.18. The molecule has 4 heteroatoms. The Hall–Kier alpha value is -1.22. The number of halogens is 1. The molecule has 20 heavy (non-hydrogen) atoms. The van der Waals surface area contributed by atoms with Gasteiger partial charge in [-0.15, -0.1) is 11.6 Å². The number of hydrogen-bond acceptors (Lipinski definition) is 2. The zero-order valence-electron chi connectivity index (χ0n) is 11.9. The second kappa shape index (κ2) is 6.98. The number of carbonyl (C=O) groups excluding carboxylic acids is 1. The van der Waals surface area contributed by atoms with Crippen LogP contribution >= 0.6 is 11.6 Å². The van der Waals surface area contributed by atoms with E-state index in [-0.39, 0.29) is 18.1 Å². The Bertz CT molecular complexity index is 437. The summed E-state index contributed by atoms with van der Waals surface area (Å²) in [6, 6.07) is 9.37. The monoisotopic (exact) mass is 295 g/mol. The molecule has 1 aliphatic carbocycles.